The first-order chi connectivity index (χ1) is 11.8. The van der Waals surface area contributed by atoms with E-state index in [1.54, 1.807) is 0 Å². The largest absolute Gasteiger partial charge is 0.492 e. The van der Waals surface area contributed by atoms with Gasteiger partial charge in [-0.15, -0.1) is 0 Å². The highest BCUT2D eigenvalue weighted by atomic mass is 19.4. The molecule has 1 aliphatic carbocycles. The maximum absolute atomic E-state index is 12.4. The third kappa shape index (κ3) is 5.65. The van der Waals surface area contributed by atoms with Gasteiger partial charge in [0.25, 0.3) is 0 Å². The SMILES string of the molecule is O=C(O)C1CCC(C(=O)NCCOc2ccc(C(F)(F)F)cc2)CC1. The summed E-state index contributed by atoms with van der Waals surface area (Å²) in [5, 5.41) is 11.6. The van der Waals surface area contributed by atoms with Crippen molar-refractivity contribution in [1.29, 1.82) is 0 Å². The second kappa shape index (κ2) is 8.22. The molecule has 0 unspecified atom stereocenters. The minimum Gasteiger partial charge on any atom is -0.492 e. The molecule has 0 heterocycles. The van der Waals surface area contributed by atoms with E-state index in [-0.39, 0.29) is 30.9 Å². The molecule has 1 aliphatic rings. The molecule has 0 saturated heterocycles. The van der Waals surface area contributed by atoms with Gasteiger partial charge in [-0.1, -0.05) is 0 Å². The fourth-order valence-corrected chi connectivity index (χ4v) is 2.83. The first-order valence-electron chi connectivity index (χ1n) is 8.08. The first-order valence-corrected chi connectivity index (χ1v) is 8.08. The minimum absolute atomic E-state index is 0.139. The Bertz CT molecular complexity index is 593. The lowest BCUT2D eigenvalue weighted by atomic mass is 9.81. The van der Waals surface area contributed by atoms with E-state index < -0.39 is 17.7 Å². The van der Waals surface area contributed by atoms with E-state index in [0.29, 0.717) is 31.4 Å². The van der Waals surface area contributed by atoms with Crippen LogP contribution in [-0.2, 0) is 15.8 Å². The Morgan fingerprint density at radius 3 is 2.16 bits per heavy atom. The first kappa shape index (κ1) is 19.1. The number of hydrogen-bond acceptors (Lipinski definition) is 3. The Morgan fingerprint density at radius 1 is 1.08 bits per heavy atom. The van der Waals surface area contributed by atoms with Crippen molar-refractivity contribution in [2.45, 2.75) is 31.9 Å². The number of alkyl halides is 3. The van der Waals surface area contributed by atoms with Crippen LogP contribution < -0.4 is 10.1 Å². The van der Waals surface area contributed by atoms with E-state index in [2.05, 4.69) is 5.32 Å². The van der Waals surface area contributed by atoms with Gasteiger partial charge < -0.3 is 15.2 Å². The molecular formula is C17H20F3NO4. The molecule has 138 valence electrons. The van der Waals surface area contributed by atoms with Gasteiger partial charge in [0, 0.05) is 5.92 Å². The van der Waals surface area contributed by atoms with Crippen molar-refractivity contribution in [3.63, 3.8) is 0 Å². The van der Waals surface area contributed by atoms with Crippen molar-refractivity contribution >= 4 is 11.9 Å². The number of halogens is 3. The number of nitrogens with one attached hydrogen (secondary N) is 1. The summed E-state index contributed by atoms with van der Waals surface area (Å²) in [5.74, 6) is -1.22. The summed E-state index contributed by atoms with van der Waals surface area (Å²) in [6, 6.07) is 4.35. The summed E-state index contributed by atoms with van der Waals surface area (Å²) in [4.78, 5) is 22.9. The monoisotopic (exact) mass is 359 g/mol. The number of carbonyl (C=O) groups is 2. The predicted octanol–water partition coefficient (Wildman–Crippen LogP) is 3.09. The number of carbonyl (C=O) groups excluding carboxylic acids is 1. The van der Waals surface area contributed by atoms with Crippen molar-refractivity contribution in [3.05, 3.63) is 29.8 Å². The van der Waals surface area contributed by atoms with Gasteiger partial charge in [0.05, 0.1) is 18.0 Å². The van der Waals surface area contributed by atoms with Crippen LogP contribution in [0.15, 0.2) is 24.3 Å². The topological polar surface area (TPSA) is 75.6 Å². The van der Waals surface area contributed by atoms with Crippen LogP contribution >= 0.6 is 0 Å². The zero-order valence-electron chi connectivity index (χ0n) is 13.5. The van der Waals surface area contributed by atoms with E-state index in [1.807, 2.05) is 0 Å². The molecule has 1 aromatic rings. The summed E-state index contributed by atoms with van der Waals surface area (Å²) in [5.41, 5.74) is -0.745. The van der Waals surface area contributed by atoms with E-state index in [9.17, 15) is 22.8 Å². The van der Waals surface area contributed by atoms with Crippen molar-refractivity contribution in [2.24, 2.45) is 11.8 Å². The molecule has 1 saturated carbocycles. The molecule has 2 N–H and O–H groups in total. The molecule has 0 aliphatic heterocycles. The summed E-state index contributed by atoms with van der Waals surface area (Å²) in [6.45, 7) is 0.375. The third-order valence-corrected chi connectivity index (χ3v) is 4.30. The van der Waals surface area contributed by atoms with Gasteiger partial charge >= 0.3 is 12.1 Å². The lowest BCUT2D eigenvalue weighted by Gasteiger charge is -2.25. The van der Waals surface area contributed by atoms with E-state index in [0.717, 1.165) is 12.1 Å². The average molecular weight is 359 g/mol. The van der Waals surface area contributed by atoms with Crippen LogP contribution in [0.5, 0.6) is 5.75 Å². The molecule has 1 amide bonds. The van der Waals surface area contributed by atoms with Crippen molar-refractivity contribution in [3.8, 4) is 5.75 Å². The lowest BCUT2D eigenvalue weighted by Crippen LogP contribution is -2.36. The van der Waals surface area contributed by atoms with E-state index >= 15 is 0 Å². The van der Waals surface area contributed by atoms with Gasteiger partial charge in [0.1, 0.15) is 12.4 Å². The predicted molar refractivity (Wildman–Crippen MR) is 83.0 cm³/mol. The summed E-state index contributed by atoms with van der Waals surface area (Å²) < 4.78 is 42.6. The van der Waals surface area contributed by atoms with E-state index in [1.165, 1.54) is 12.1 Å². The van der Waals surface area contributed by atoms with Gasteiger partial charge in [-0.05, 0) is 49.9 Å². The number of carboxylic acid groups (broad SMARTS) is 1. The van der Waals surface area contributed by atoms with Gasteiger partial charge in [-0.2, -0.15) is 13.2 Å². The Kier molecular flexibility index (Phi) is 6.27. The van der Waals surface area contributed by atoms with Crippen LogP contribution in [0.1, 0.15) is 31.2 Å². The van der Waals surface area contributed by atoms with Crippen LogP contribution in [0.2, 0.25) is 0 Å². The maximum atomic E-state index is 12.4. The average Bonchev–Trinajstić information content (AvgIpc) is 2.58. The third-order valence-electron chi connectivity index (χ3n) is 4.30. The highest BCUT2D eigenvalue weighted by Crippen LogP contribution is 2.30. The number of amides is 1. The Hall–Kier alpha value is -2.25. The number of hydrogen-bond donors (Lipinski definition) is 2. The fourth-order valence-electron chi connectivity index (χ4n) is 2.83. The molecular weight excluding hydrogens is 339 g/mol. The van der Waals surface area contributed by atoms with Crippen molar-refractivity contribution < 1.29 is 32.6 Å². The Labute approximate surface area is 143 Å². The van der Waals surface area contributed by atoms with Crippen LogP contribution in [0.25, 0.3) is 0 Å². The Morgan fingerprint density at radius 2 is 1.64 bits per heavy atom. The molecule has 8 heteroatoms. The fraction of sp³-hybridized carbons (Fsp3) is 0.529. The number of carboxylic acids is 1. The number of ether oxygens (including phenoxy) is 1. The standard InChI is InChI=1S/C17H20F3NO4/c18-17(19,20)13-5-7-14(8-6-13)25-10-9-21-15(22)11-1-3-12(4-2-11)16(23)24/h5-8,11-12H,1-4,9-10H2,(H,21,22)(H,23,24). The summed E-state index contributed by atoms with van der Waals surface area (Å²) in [7, 11) is 0. The zero-order chi connectivity index (χ0) is 18.4. The molecule has 0 spiro atoms. The molecule has 0 bridgehead atoms. The number of aliphatic carboxylic acids is 1. The smallest absolute Gasteiger partial charge is 0.416 e. The summed E-state index contributed by atoms with van der Waals surface area (Å²) in [6.07, 6.45) is -2.30. The molecule has 0 atom stereocenters. The molecule has 2 rings (SSSR count). The van der Waals surface area contributed by atoms with Gasteiger partial charge in [-0.3, -0.25) is 9.59 Å². The van der Waals surface area contributed by atoms with Crippen molar-refractivity contribution in [1.82, 2.24) is 5.32 Å². The number of rotatable bonds is 6. The maximum Gasteiger partial charge on any atom is 0.416 e. The van der Waals surface area contributed by atoms with Gasteiger partial charge in [0.2, 0.25) is 5.91 Å². The molecule has 1 fully saturated rings. The minimum atomic E-state index is -4.38. The second-order valence-electron chi connectivity index (χ2n) is 6.05. The Balaban J connectivity index is 1.67. The molecule has 1 aromatic carbocycles. The second-order valence-corrected chi connectivity index (χ2v) is 6.05. The van der Waals surface area contributed by atoms with Crippen LogP contribution in [0.4, 0.5) is 13.2 Å². The molecule has 5 nitrogen and oxygen atoms in total. The highest BCUT2D eigenvalue weighted by Gasteiger charge is 2.30. The molecule has 25 heavy (non-hydrogen) atoms. The van der Waals surface area contributed by atoms with Gasteiger partial charge in [0.15, 0.2) is 0 Å². The van der Waals surface area contributed by atoms with Crippen LogP contribution in [0.3, 0.4) is 0 Å². The summed E-state index contributed by atoms with van der Waals surface area (Å²) >= 11 is 0. The van der Waals surface area contributed by atoms with Crippen molar-refractivity contribution in [2.75, 3.05) is 13.2 Å². The molecule has 0 aromatic heterocycles. The highest BCUT2D eigenvalue weighted by molar-refractivity contribution is 5.79. The lowest BCUT2D eigenvalue weighted by molar-refractivity contribution is -0.144. The van der Waals surface area contributed by atoms with Gasteiger partial charge in [-0.25, -0.2) is 0 Å². The molecule has 0 radical (unpaired) electrons. The van der Waals surface area contributed by atoms with E-state index in [4.69, 9.17) is 9.84 Å². The van der Waals surface area contributed by atoms with Crippen LogP contribution in [0, 0.1) is 11.8 Å². The normalized spacial score (nSPS) is 20.8. The zero-order valence-corrected chi connectivity index (χ0v) is 13.5. The van der Waals surface area contributed by atoms with Crippen LogP contribution in [-0.4, -0.2) is 30.1 Å². The number of benzene rings is 1. The quantitative estimate of drug-likeness (QED) is 0.766.